The summed E-state index contributed by atoms with van der Waals surface area (Å²) in [6.07, 6.45) is 14.1. The lowest BCUT2D eigenvalue weighted by atomic mass is 10.1. The molecule has 1 aromatic rings. The van der Waals surface area contributed by atoms with Crippen LogP contribution in [0.5, 0.6) is 5.88 Å². The minimum absolute atomic E-state index is 0. The summed E-state index contributed by atoms with van der Waals surface area (Å²) in [5.41, 5.74) is 2.01. The monoisotopic (exact) mass is 473 g/mol. The van der Waals surface area contributed by atoms with E-state index in [0.717, 1.165) is 50.0 Å². The van der Waals surface area contributed by atoms with E-state index in [4.69, 9.17) is 9.47 Å². The van der Waals surface area contributed by atoms with Gasteiger partial charge in [-0.05, 0) is 12.8 Å². The first kappa shape index (κ1) is 27.9. The molecule has 1 atom stereocenters. The Morgan fingerprint density at radius 3 is 2.52 bits per heavy atom. The number of unbranched alkanes of at least 4 members (excludes halogenated alkanes) is 7. The number of rotatable bonds is 15. The molecule has 0 fully saturated rings. The number of halogens is 1. The van der Waals surface area contributed by atoms with Gasteiger partial charge in [0.1, 0.15) is 12.2 Å². The summed E-state index contributed by atoms with van der Waals surface area (Å²) in [6, 6.07) is 0. The van der Waals surface area contributed by atoms with Crippen molar-refractivity contribution in [1.29, 1.82) is 0 Å². The van der Waals surface area contributed by atoms with Crippen LogP contribution in [0.25, 0.3) is 5.57 Å². The molecule has 0 N–H and O–H groups in total. The Morgan fingerprint density at radius 2 is 1.77 bits per heavy atom. The number of carbonyl (C=O) groups excluding carboxylic acids is 1. The summed E-state index contributed by atoms with van der Waals surface area (Å²) in [4.78, 5) is 12.1. The summed E-state index contributed by atoms with van der Waals surface area (Å²) >= 11 is 1.20. The number of hydrogen-bond acceptors (Lipinski definition) is 6. The van der Waals surface area contributed by atoms with Crippen molar-refractivity contribution in [2.24, 2.45) is 0 Å². The van der Waals surface area contributed by atoms with Crippen LogP contribution in [0, 0.1) is 0 Å². The number of esters is 1. The van der Waals surface area contributed by atoms with E-state index in [1.807, 2.05) is 0 Å². The van der Waals surface area contributed by atoms with E-state index in [0.29, 0.717) is 30.1 Å². The summed E-state index contributed by atoms with van der Waals surface area (Å²) in [6.45, 7) is 7.24. The molecule has 31 heavy (non-hydrogen) atoms. The Hall–Kier alpha value is -1.18. The highest BCUT2D eigenvalue weighted by molar-refractivity contribution is 6.99. The van der Waals surface area contributed by atoms with Crippen molar-refractivity contribution in [2.75, 3.05) is 33.5 Å². The molecule has 0 saturated carbocycles. The second-order valence-corrected chi connectivity index (χ2v) is 9.18. The van der Waals surface area contributed by atoms with Crippen LogP contribution in [-0.2, 0) is 9.53 Å². The molecule has 0 amide bonds. The van der Waals surface area contributed by atoms with Crippen molar-refractivity contribution in [1.82, 2.24) is 8.75 Å². The molecule has 0 aliphatic carbocycles. The maximum Gasteiger partial charge on any atom is 0.310 e. The van der Waals surface area contributed by atoms with E-state index in [9.17, 15) is 4.79 Å². The van der Waals surface area contributed by atoms with Gasteiger partial charge < -0.3 is 21.9 Å². The number of ether oxygens (including phenoxy) is 2. The molecule has 0 radical (unpaired) electrons. The largest absolute Gasteiger partial charge is 1.00 e. The maximum atomic E-state index is 12.1. The number of quaternary nitrogens is 1. The third-order valence-corrected chi connectivity index (χ3v) is 6.14. The molecule has 1 aliphatic heterocycles. The maximum absolute atomic E-state index is 12.1. The number of nitrogens with zero attached hydrogens (tertiary/aromatic N) is 3. The highest BCUT2D eigenvalue weighted by atomic mass is 35.5. The summed E-state index contributed by atoms with van der Waals surface area (Å²) in [7, 11) is 2.15. The average Bonchev–Trinajstić information content (AvgIpc) is 3.21. The smallest absolute Gasteiger partial charge is 0.310 e. The standard InChI is InChI=1S/C23H40N3O3S.ClH/c1-4-6-8-10-11-15-21(27)29-19-26(3)16-13-14-20(18-26)22-23(25-30-24-22)28-17-12-9-7-5-2;/h14H,4-13,15-19H2,1-3H3;1H/q+1;/p-1. The first-order valence-corrected chi connectivity index (χ1v) is 12.4. The van der Waals surface area contributed by atoms with Crippen LogP contribution in [0.1, 0.15) is 90.2 Å². The molecule has 0 aromatic carbocycles. The lowest BCUT2D eigenvalue weighted by Crippen LogP contribution is -3.00. The Morgan fingerprint density at radius 1 is 1.06 bits per heavy atom. The van der Waals surface area contributed by atoms with Gasteiger partial charge in [-0.1, -0.05) is 64.9 Å². The van der Waals surface area contributed by atoms with Crippen molar-refractivity contribution in [3.8, 4) is 5.88 Å². The lowest BCUT2D eigenvalue weighted by molar-refractivity contribution is -0.919. The Bertz CT molecular complexity index is 668. The molecular weight excluding hydrogens is 434 g/mol. The molecule has 1 unspecified atom stereocenters. The molecule has 1 aliphatic rings. The third-order valence-electron chi connectivity index (χ3n) is 5.63. The van der Waals surface area contributed by atoms with Crippen LogP contribution in [0.2, 0.25) is 0 Å². The Kier molecular flexibility index (Phi) is 14.0. The number of aromatic nitrogens is 2. The zero-order valence-electron chi connectivity index (χ0n) is 19.5. The van der Waals surface area contributed by atoms with Gasteiger partial charge in [0.25, 0.3) is 5.88 Å². The lowest BCUT2D eigenvalue weighted by Gasteiger charge is -2.36. The first-order valence-electron chi connectivity index (χ1n) is 11.7. The van der Waals surface area contributed by atoms with E-state index in [2.05, 4.69) is 35.7 Å². The molecule has 2 heterocycles. The van der Waals surface area contributed by atoms with Crippen molar-refractivity contribution in [3.63, 3.8) is 0 Å². The molecule has 2 rings (SSSR count). The van der Waals surface area contributed by atoms with E-state index < -0.39 is 0 Å². The zero-order valence-corrected chi connectivity index (χ0v) is 21.1. The first-order chi connectivity index (χ1) is 14.6. The highest BCUT2D eigenvalue weighted by Crippen LogP contribution is 2.30. The average molecular weight is 474 g/mol. The molecule has 1 aromatic heterocycles. The van der Waals surface area contributed by atoms with Crippen LogP contribution in [0.15, 0.2) is 6.08 Å². The van der Waals surface area contributed by atoms with E-state index in [1.54, 1.807) is 0 Å². The zero-order chi connectivity index (χ0) is 21.7. The fraction of sp³-hybridized carbons (Fsp3) is 0.783. The summed E-state index contributed by atoms with van der Waals surface area (Å²) in [5, 5.41) is 0. The van der Waals surface area contributed by atoms with Crippen LogP contribution >= 0.6 is 11.7 Å². The second kappa shape index (κ2) is 15.6. The fourth-order valence-corrected chi connectivity index (χ4v) is 4.26. The van der Waals surface area contributed by atoms with Gasteiger partial charge in [-0.3, -0.25) is 9.28 Å². The van der Waals surface area contributed by atoms with Crippen molar-refractivity contribution in [2.45, 2.75) is 84.5 Å². The van der Waals surface area contributed by atoms with Gasteiger partial charge in [-0.25, -0.2) is 0 Å². The topological polar surface area (TPSA) is 61.3 Å². The predicted molar refractivity (Wildman–Crippen MR) is 122 cm³/mol. The number of hydrogen-bond donors (Lipinski definition) is 0. The van der Waals surface area contributed by atoms with Gasteiger partial charge in [0.05, 0.1) is 31.9 Å². The van der Waals surface area contributed by atoms with E-state index in [1.165, 1.54) is 50.3 Å². The van der Waals surface area contributed by atoms with Crippen LogP contribution in [0.4, 0.5) is 0 Å². The quantitative estimate of drug-likeness (QED) is 0.222. The number of carbonyl (C=O) groups is 1. The Labute approximate surface area is 198 Å². The molecule has 0 spiro atoms. The van der Waals surface area contributed by atoms with Crippen molar-refractivity contribution in [3.05, 3.63) is 11.8 Å². The van der Waals surface area contributed by atoms with E-state index >= 15 is 0 Å². The van der Waals surface area contributed by atoms with Gasteiger partial charge in [-0.15, -0.1) is 4.37 Å². The second-order valence-electron chi connectivity index (χ2n) is 8.66. The van der Waals surface area contributed by atoms with Crippen LogP contribution in [0.3, 0.4) is 0 Å². The molecule has 6 nitrogen and oxygen atoms in total. The van der Waals surface area contributed by atoms with Crippen molar-refractivity contribution < 1.29 is 31.2 Å². The highest BCUT2D eigenvalue weighted by Gasteiger charge is 2.31. The molecule has 0 bridgehead atoms. The predicted octanol–water partition coefficient (Wildman–Crippen LogP) is 2.60. The van der Waals surface area contributed by atoms with Gasteiger partial charge >= 0.3 is 5.97 Å². The summed E-state index contributed by atoms with van der Waals surface area (Å²) in [5.74, 6) is 0.577. The Balaban J connectivity index is 0.00000480. The van der Waals surface area contributed by atoms with Crippen LogP contribution < -0.4 is 17.1 Å². The van der Waals surface area contributed by atoms with Gasteiger partial charge in [0.15, 0.2) is 0 Å². The third kappa shape index (κ3) is 10.3. The van der Waals surface area contributed by atoms with E-state index in [-0.39, 0.29) is 18.4 Å². The minimum atomic E-state index is -0.0756. The number of likely N-dealkylation sites (N-methyl/N-ethyl adjacent to an activating group) is 1. The van der Waals surface area contributed by atoms with Gasteiger partial charge in [0, 0.05) is 18.4 Å². The molecule has 8 heteroatoms. The molecule has 0 saturated heterocycles. The minimum Gasteiger partial charge on any atom is -1.00 e. The van der Waals surface area contributed by atoms with Gasteiger partial charge in [-0.2, -0.15) is 4.37 Å². The molecule has 178 valence electrons. The fourth-order valence-electron chi connectivity index (χ4n) is 3.73. The van der Waals surface area contributed by atoms with Crippen LogP contribution in [-0.4, -0.2) is 52.7 Å². The van der Waals surface area contributed by atoms with Crippen molar-refractivity contribution >= 4 is 23.3 Å². The van der Waals surface area contributed by atoms with Gasteiger partial charge in [0.2, 0.25) is 6.73 Å². The normalized spacial score (nSPS) is 18.2. The SMILES string of the molecule is CCCCCCCC(=O)OC[N+]1(C)CCC=C(c2nsnc2OCCCCCC)C1.[Cl-]. The summed E-state index contributed by atoms with van der Waals surface area (Å²) < 4.78 is 21.1. The molecular formula is C23H40ClN3O3S.